The Morgan fingerprint density at radius 3 is 2.66 bits per heavy atom. The van der Waals surface area contributed by atoms with Crippen molar-refractivity contribution in [2.75, 3.05) is 0 Å². The molecule has 0 amide bonds. The highest BCUT2D eigenvalue weighted by Crippen LogP contribution is 2.34. The molecule has 0 radical (unpaired) electrons. The van der Waals surface area contributed by atoms with E-state index in [2.05, 4.69) is 10.1 Å². The van der Waals surface area contributed by atoms with E-state index < -0.39 is 5.97 Å². The first-order valence-corrected chi connectivity index (χ1v) is 9.02. The van der Waals surface area contributed by atoms with Gasteiger partial charge in [-0.3, -0.25) is 0 Å². The van der Waals surface area contributed by atoms with Crippen molar-refractivity contribution >= 4 is 17.0 Å². The molecule has 0 spiro atoms. The molecule has 0 fully saturated rings. The van der Waals surface area contributed by atoms with Crippen LogP contribution in [0.25, 0.3) is 16.7 Å². The van der Waals surface area contributed by atoms with E-state index in [4.69, 9.17) is 9.15 Å². The summed E-state index contributed by atoms with van der Waals surface area (Å²) < 4.78 is 26.1. The molecule has 0 atom stereocenters. The SMILES string of the molecule is CC(C)c1nn(-c2ccc(F)cc2)c2nc(C(=O)O)cc(OCc3ccco3)c12. The number of nitrogens with zero attached hydrogens (tertiary/aromatic N) is 3. The van der Waals surface area contributed by atoms with E-state index >= 15 is 0 Å². The van der Waals surface area contributed by atoms with Gasteiger partial charge in [0.05, 0.1) is 23.0 Å². The predicted molar refractivity (Wildman–Crippen MR) is 103 cm³/mol. The first-order chi connectivity index (χ1) is 13.9. The highest BCUT2D eigenvalue weighted by atomic mass is 19.1. The zero-order valence-electron chi connectivity index (χ0n) is 15.8. The summed E-state index contributed by atoms with van der Waals surface area (Å²) in [5, 5.41) is 14.8. The molecule has 0 aliphatic rings. The number of ether oxygens (including phenoxy) is 1. The van der Waals surface area contributed by atoms with Crippen molar-refractivity contribution in [2.24, 2.45) is 0 Å². The Bertz CT molecular complexity index is 1170. The Labute approximate surface area is 165 Å². The molecule has 148 valence electrons. The molecule has 1 N–H and O–H groups in total. The van der Waals surface area contributed by atoms with Gasteiger partial charge in [0.25, 0.3) is 0 Å². The number of halogens is 1. The zero-order valence-corrected chi connectivity index (χ0v) is 15.8. The number of aromatic nitrogens is 3. The van der Waals surface area contributed by atoms with Crippen molar-refractivity contribution in [3.63, 3.8) is 0 Å². The molecule has 7 nitrogen and oxygen atoms in total. The summed E-state index contributed by atoms with van der Waals surface area (Å²) in [4.78, 5) is 15.9. The topological polar surface area (TPSA) is 90.4 Å². The minimum absolute atomic E-state index is 0.0163. The van der Waals surface area contributed by atoms with Gasteiger partial charge < -0.3 is 14.3 Å². The van der Waals surface area contributed by atoms with Gasteiger partial charge in [0, 0.05) is 6.07 Å². The first kappa shape index (κ1) is 18.7. The average molecular weight is 395 g/mol. The molecule has 1 aromatic carbocycles. The molecule has 8 heteroatoms. The Balaban J connectivity index is 1.93. The first-order valence-electron chi connectivity index (χ1n) is 9.02. The molecule has 4 aromatic rings. The molecule has 0 saturated heterocycles. The molecule has 0 aliphatic heterocycles. The molecule has 0 bridgehead atoms. The highest BCUT2D eigenvalue weighted by Gasteiger charge is 2.23. The van der Waals surface area contributed by atoms with Gasteiger partial charge >= 0.3 is 5.97 Å². The van der Waals surface area contributed by atoms with E-state index in [1.54, 1.807) is 24.3 Å². The van der Waals surface area contributed by atoms with E-state index in [0.29, 0.717) is 33.9 Å². The van der Waals surface area contributed by atoms with Crippen molar-refractivity contribution in [1.82, 2.24) is 14.8 Å². The van der Waals surface area contributed by atoms with Crippen molar-refractivity contribution in [3.8, 4) is 11.4 Å². The quantitative estimate of drug-likeness (QED) is 0.515. The van der Waals surface area contributed by atoms with E-state index in [9.17, 15) is 14.3 Å². The second-order valence-corrected chi connectivity index (χ2v) is 6.81. The number of furan rings is 1. The van der Waals surface area contributed by atoms with Crippen molar-refractivity contribution in [1.29, 1.82) is 0 Å². The maximum Gasteiger partial charge on any atom is 0.354 e. The number of aromatic carboxylic acids is 1. The van der Waals surface area contributed by atoms with E-state index in [0.717, 1.165) is 0 Å². The average Bonchev–Trinajstić information content (AvgIpc) is 3.34. The fourth-order valence-corrected chi connectivity index (χ4v) is 3.04. The standard InChI is InChI=1S/C21H18FN3O4/c1-12(2)19-18-17(29-11-15-4-3-9-28-15)10-16(21(26)27)23-20(18)25(24-19)14-7-5-13(22)6-8-14/h3-10,12H,11H2,1-2H3,(H,26,27). The summed E-state index contributed by atoms with van der Waals surface area (Å²) >= 11 is 0. The number of hydrogen-bond acceptors (Lipinski definition) is 5. The van der Waals surface area contributed by atoms with Crippen molar-refractivity contribution < 1.29 is 23.4 Å². The van der Waals surface area contributed by atoms with Gasteiger partial charge in [-0.2, -0.15) is 5.10 Å². The Morgan fingerprint density at radius 1 is 1.28 bits per heavy atom. The van der Waals surface area contributed by atoms with Gasteiger partial charge in [-0.15, -0.1) is 0 Å². The lowest BCUT2D eigenvalue weighted by atomic mass is 10.1. The van der Waals surface area contributed by atoms with Gasteiger partial charge in [-0.05, 0) is 42.3 Å². The van der Waals surface area contributed by atoms with E-state index in [1.807, 2.05) is 13.8 Å². The number of carboxylic acid groups (broad SMARTS) is 1. The van der Waals surface area contributed by atoms with Gasteiger partial charge in [-0.1, -0.05) is 13.8 Å². The Hall–Kier alpha value is -3.68. The third-order valence-corrected chi connectivity index (χ3v) is 4.42. The van der Waals surface area contributed by atoms with Crippen LogP contribution in [-0.4, -0.2) is 25.8 Å². The van der Waals surface area contributed by atoms with Crippen LogP contribution in [0, 0.1) is 5.82 Å². The molecule has 0 saturated carbocycles. The fraction of sp³-hybridized carbons (Fsp3) is 0.190. The van der Waals surface area contributed by atoms with Crippen LogP contribution >= 0.6 is 0 Å². The maximum absolute atomic E-state index is 13.4. The maximum atomic E-state index is 13.4. The van der Waals surface area contributed by atoms with Gasteiger partial charge in [0.15, 0.2) is 11.3 Å². The molecular weight excluding hydrogens is 377 g/mol. The Morgan fingerprint density at radius 2 is 2.03 bits per heavy atom. The molecule has 0 unspecified atom stereocenters. The summed E-state index contributed by atoms with van der Waals surface area (Å²) in [6.07, 6.45) is 1.54. The van der Waals surface area contributed by atoms with E-state index in [1.165, 1.54) is 29.1 Å². The third-order valence-electron chi connectivity index (χ3n) is 4.42. The zero-order chi connectivity index (χ0) is 20.5. The molecule has 3 aromatic heterocycles. The molecule has 4 rings (SSSR count). The molecule has 29 heavy (non-hydrogen) atoms. The number of carboxylic acids is 1. The van der Waals surface area contributed by atoms with Crippen LogP contribution in [0.1, 0.15) is 41.7 Å². The molecule has 0 aliphatic carbocycles. The number of benzene rings is 1. The second-order valence-electron chi connectivity index (χ2n) is 6.81. The van der Waals surface area contributed by atoms with Crippen molar-refractivity contribution in [2.45, 2.75) is 26.4 Å². The summed E-state index contributed by atoms with van der Waals surface area (Å²) in [6.45, 7) is 4.07. The Kier molecular flexibility index (Phi) is 4.75. The third kappa shape index (κ3) is 3.56. The largest absolute Gasteiger partial charge is 0.485 e. The highest BCUT2D eigenvalue weighted by molar-refractivity contribution is 5.94. The second kappa shape index (κ2) is 7.38. The normalized spacial score (nSPS) is 11.3. The number of fused-ring (bicyclic) bond motifs is 1. The predicted octanol–water partition coefficient (Wildman–Crippen LogP) is 4.55. The van der Waals surface area contributed by atoms with Crippen LogP contribution in [0.5, 0.6) is 5.75 Å². The van der Waals surface area contributed by atoms with Crippen molar-refractivity contribution in [3.05, 3.63) is 71.7 Å². The number of rotatable bonds is 6. The van der Waals surface area contributed by atoms with Gasteiger partial charge in [0.1, 0.15) is 23.9 Å². The van der Waals surface area contributed by atoms with Crippen LogP contribution in [0.15, 0.2) is 53.1 Å². The smallest absolute Gasteiger partial charge is 0.354 e. The van der Waals surface area contributed by atoms with Crippen LogP contribution in [0.3, 0.4) is 0 Å². The van der Waals surface area contributed by atoms with E-state index in [-0.39, 0.29) is 24.0 Å². The fourth-order valence-electron chi connectivity index (χ4n) is 3.04. The molecular formula is C21H18FN3O4. The summed E-state index contributed by atoms with van der Waals surface area (Å²) in [5.41, 5.74) is 1.42. The van der Waals surface area contributed by atoms with Crippen LogP contribution < -0.4 is 4.74 Å². The number of hydrogen-bond donors (Lipinski definition) is 1. The monoisotopic (exact) mass is 395 g/mol. The lowest BCUT2D eigenvalue weighted by Gasteiger charge is -2.09. The minimum Gasteiger partial charge on any atom is -0.485 e. The summed E-state index contributed by atoms with van der Waals surface area (Å²) in [5.74, 6) is -0.601. The van der Waals surface area contributed by atoms with Gasteiger partial charge in [0.2, 0.25) is 0 Å². The lowest BCUT2D eigenvalue weighted by molar-refractivity contribution is 0.0690. The number of carbonyl (C=O) groups is 1. The van der Waals surface area contributed by atoms with Gasteiger partial charge in [-0.25, -0.2) is 18.9 Å². The summed E-state index contributed by atoms with van der Waals surface area (Å²) in [7, 11) is 0. The summed E-state index contributed by atoms with van der Waals surface area (Å²) in [6, 6.07) is 10.6. The lowest BCUT2D eigenvalue weighted by Crippen LogP contribution is -2.05. The molecule has 3 heterocycles. The van der Waals surface area contributed by atoms with Crippen LogP contribution in [-0.2, 0) is 6.61 Å². The number of pyridine rings is 1. The van der Waals surface area contributed by atoms with Crippen LogP contribution in [0.4, 0.5) is 4.39 Å². The van der Waals surface area contributed by atoms with Crippen LogP contribution in [0.2, 0.25) is 0 Å². The minimum atomic E-state index is -1.19.